The number of nitrogens with one attached hydrogen (secondary N) is 1. The van der Waals surface area contributed by atoms with E-state index in [4.69, 9.17) is 15.0 Å². The van der Waals surface area contributed by atoms with Crippen LogP contribution in [0.2, 0.25) is 0 Å². The molecule has 5 rings (SSSR count). The van der Waals surface area contributed by atoms with Crippen molar-refractivity contribution >= 4 is 11.0 Å². The van der Waals surface area contributed by atoms with E-state index in [1.807, 2.05) is 30.5 Å². The molecular weight excluding hydrogens is 362 g/mol. The molecule has 0 unspecified atom stereocenters. The molecule has 1 saturated carbocycles. The number of pyridine rings is 1. The molecule has 1 aliphatic carbocycles. The van der Waals surface area contributed by atoms with Crippen LogP contribution in [0.1, 0.15) is 31.2 Å². The summed E-state index contributed by atoms with van der Waals surface area (Å²) in [6, 6.07) is 11.9. The van der Waals surface area contributed by atoms with Gasteiger partial charge < -0.3 is 10.1 Å². The molecule has 6 heteroatoms. The largest absolute Gasteiger partial charge is 0.477 e. The molecule has 0 spiro atoms. The summed E-state index contributed by atoms with van der Waals surface area (Å²) in [7, 11) is 0. The fourth-order valence-corrected chi connectivity index (χ4v) is 4.02. The maximum atomic E-state index is 9.11. The Morgan fingerprint density at radius 3 is 2.76 bits per heavy atom. The molecule has 1 aromatic carbocycles. The Balaban J connectivity index is 1.50. The molecule has 2 aliphatic rings. The van der Waals surface area contributed by atoms with Crippen molar-refractivity contribution in [2.24, 2.45) is 11.8 Å². The van der Waals surface area contributed by atoms with Crippen LogP contribution in [0.4, 0.5) is 0 Å². The van der Waals surface area contributed by atoms with Crippen molar-refractivity contribution in [3.8, 4) is 23.1 Å². The number of ether oxygens (including phenoxy) is 1. The van der Waals surface area contributed by atoms with Gasteiger partial charge in [0.2, 0.25) is 5.88 Å². The molecule has 1 atom stereocenters. The molecule has 0 bridgehead atoms. The van der Waals surface area contributed by atoms with E-state index >= 15 is 0 Å². The van der Waals surface area contributed by atoms with E-state index in [0.29, 0.717) is 24.0 Å². The zero-order valence-electron chi connectivity index (χ0n) is 16.5. The highest BCUT2D eigenvalue weighted by Crippen LogP contribution is 2.35. The van der Waals surface area contributed by atoms with Gasteiger partial charge in [-0.05, 0) is 61.5 Å². The Labute approximate surface area is 170 Å². The normalized spacial score (nSPS) is 18.8. The van der Waals surface area contributed by atoms with E-state index in [9.17, 15) is 0 Å². The zero-order valence-corrected chi connectivity index (χ0v) is 16.5. The Morgan fingerprint density at radius 2 is 2.03 bits per heavy atom. The molecule has 3 heterocycles. The van der Waals surface area contributed by atoms with Gasteiger partial charge in [0.1, 0.15) is 5.52 Å². The predicted molar refractivity (Wildman–Crippen MR) is 111 cm³/mol. The highest BCUT2D eigenvalue weighted by atomic mass is 16.5. The number of nitriles is 1. The molecule has 6 nitrogen and oxygen atoms in total. The van der Waals surface area contributed by atoms with E-state index in [1.54, 1.807) is 0 Å². The summed E-state index contributed by atoms with van der Waals surface area (Å²) in [5.74, 6) is 2.08. The van der Waals surface area contributed by atoms with E-state index in [1.165, 1.54) is 19.3 Å². The minimum absolute atomic E-state index is 0.603. The Bertz CT molecular complexity index is 1040. The van der Waals surface area contributed by atoms with Crippen molar-refractivity contribution in [1.82, 2.24) is 20.1 Å². The standard InChI is InChI=1S/C23H25N5O/c24-12-17-3-5-19(6-4-17)20-11-22-21(27-23(20)29-10-8-16-1-2-16)14-26-28(22)15-18-7-9-25-13-18/h3-6,11,14,16,18,25H,1-2,7-10,13,15H2/t18-/m0/s1. The van der Waals surface area contributed by atoms with Crippen LogP contribution < -0.4 is 10.1 Å². The van der Waals surface area contributed by atoms with Crippen LogP contribution in [-0.2, 0) is 6.54 Å². The average Bonchev–Trinajstić information content (AvgIpc) is 3.28. The van der Waals surface area contributed by atoms with E-state index < -0.39 is 0 Å². The van der Waals surface area contributed by atoms with E-state index in [0.717, 1.165) is 54.1 Å². The van der Waals surface area contributed by atoms with Crippen LogP contribution in [-0.4, -0.2) is 34.5 Å². The fraction of sp³-hybridized carbons (Fsp3) is 0.435. The van der Waals surface area contributed by atoms with Gasteiger partial charge in [-0.15, -0.1) is 0 Å². The Morgan fingerprint density at radius 1 is 1.17 bits per heavy atom. The molecule has 1 aliphatic heterocycles. The van der Waals surface area contributed by atoms with Gasteiger partial charge in [-0.3, -0.25) is 4.68 Å². The number of fused-ring (bicyclic) bond motifs is 1. The summed E-state index contributed by atoms with van der Waals surface area (Å²) < 4.78 is 8.20. The summed E-state index contributed by atoms with van der Waals surface area (Å²) >= 11 is 0. The first-order chi connectivity index (χ1) is 14.3. The number of hydrogen-bond acceptors (Lipinski definition) is 5. The first-order valence-electron chi connectivity index (χ1n) is 10.5. The number of benzene rings is 1. The molecule has 3 aromatic rings. The van der Waals surface area contributed by atoms with Crippen LogP contribution >= 0.6 is 0 Å². The fourth-order valence-electron chi connectivity index (χ4n) is 4.02. The van der Waals surface area contributed by atoms with Gasteiger partial charge in [0.05, 0.1) is 30.0 Å². The van der Waals surface area contributed by atoms with Crippen LogP contribution in [0, 0.1) is 23.2 Å². The average molecular weight is 387 g/mol. The van der Waals surface area contributed by atoms with Crippen molar-refractivity contribution in [3.63, 3.8) is 0 Å². The summed E-state index contributed by atoms with van der Waals surface area (Å²) in [4.78, 5) is 4.82. The molecule has 1 saturated heterocycles. The van der Waals surface area contributed by atoms with Gasteiger partial charge in [0.25, 0.3) is 0 Å². The number of nitrogens with zero attached hydrogens (tertiary/aromatic N) is 4. The second-order valence-corrected chi connectivity index (χ2v) is 8.20. The molecule has 1 N–H and O–H groups in total. The first kappa shape index (κ1) is 18.1. The summed E-state index contributed by atoms with van der Waals surface area (Å²) in [5.41, 5.74) is 4.53. The topological polar surface area (TPSA) is 75.8 Å². The van der Waals surface area contributed by atoms with Gasteiger partial charge in [0.15, 0.2) is 0 Å². The predicted octanol–water partition coefficient (Wildman–Crippen LogP) is 3.76. The summed E-state index contributed by atoms with van der Waals surface area (Å²) in [5, 5.41) is 17.1. The van der Waals surface area contributed by atoms with Crippen molar-refractivity contribution in [3.05, 3.63) is 42.1 Å². The quantitative estimate of drug-likeness (QED) is 0.668. The highest BCUT2D eigenvalue weighted by Gasteiger charge is 2.22. The minimum Gasteiger partial charge on any atom is -0.477 e. The second kappa shape index (κ2) is 7.84. The van der Waals surface area contributed by atoms with Crippen LogP contribution in [0.3, 0.4) is 0 Å². The van der Waals surface area contributed by atoms with Gasteiger partial charge >= 0.3 is 0 Å². The zero-order chi connectivity index (χ0) is 19.6. The highest BCUT2D eigenvalue weighted by molar-refractivity contribution is 5.83. The maximum absolute atomic E-state index is 9.11. The third-order valence-electron chi connectivity index (χ3n) is 5.97. The van der Waals surface area contributed by atoms with E-state index in [2.05, 4.69) is 27.2 Å². The monoisotopic (exact) mass is 387 g/mol. The second-order valence-electron chi connectivity index (χ2n) is 8.20. The molecule has 0 amide bonds. The van der Waals surface area contributed by atoms with Crippen molar-refractivity contribution in [1.29, 1.82) is 5.26 Å². The van der Waals surface area contributed by atoms with E-state index in [-0.39, 0.29) is 0 Å². The smallest absolute Gasteiger partial charge is 0.222 e. The van der Waals surface area contributed by atoms with Crippen molar-refractivity contribution < 1.29 is 4.74 Å². The van der Waals surface area contributed by atoms with Gasteiger partial charge in [-0.25, -0.2) is 4.98 Å². The van der Waals surface area contributed by atoms with Crippen molar-refractivity contribution in [2.45, 2.75) is 32.2 Å². The van der Waals surface area contributed by atoms with Gasteiger partial charge in [-0.1, -0.05) is 25.0 Å². The minimum atomic E-state index is 0.603. The molecule has 2 aromatic heterocycles. The van der Waals surface area contributed by atoms with Gasteiger partial charge in [0, 0.05) is 12.1 Å². The lowest BCUT2D eigenvalue weighted by Gasteiger charge is -2.13. The maximum Gasteiger partial charge on any atom is 0.222 e. The molecule has 148 valence electrons. The third kappa shape index (κ3) is 3.96. The summed E-state index contributed by atoms with van der Waals surface area (Å²) in [6.45, 7) is 3.71. The number of rotatable bonds is 7. The molecular formula is C23H25N5O. The lowest BCUT2D eigenvalue weighted by Crippen LogP contribution is -2.15. The van der Waals surface area contributed by atoms with Crippen LogP contribution in [0.25, 0.3) is 22.2 Å². The number of aromatic nitrogens is 3. The van der Waals surface area contributed by atoms with Crippen molar-refractivity contribution in [2.75, 3.05) is 19.7 Å². The summed E-state index contributed by atoms with van der Waals surface area (Å²) in [6.07, 6.45) is 6.75. The lowest BCUT2D eigenvalue weighted by molar-refractivity contribution is 0.293. The van der Waals surface area contributed by atoms with Crippen LogP contribution in [0.5, 0.6) is 5.88 Å². The molecule has 29 heavy (non-hydrogen) atoms. The third-order valence-corrected chi connectivity index (χ3v) is 5.97. The number of hydrogen-bond donors (Lipinski definition) is 1. The SMILES string of the molecule is N#Cc1ccc(-c2cc3c(cnn3C[C@H]3CCNC3)nc2OCCC2CC2)cc1. The molecule has 2 fully saturated rings. The lowest BCUT2D eigenvalue weighted by atomic mass is 10.0. The van der Waals surface area contributed by atoms with Gasteiger partial charge in [-0.2, -0.15) is 10.4 Å². The first-order valence-corrected chi connectivity index (χ1v) is 10.5. The molecule has 0 radical (unpaired) electrons. The Hall–Kier alpha value is -2.91. The Kier molecular flexibility index (Phi) is 4.91. The van der Waals surface area contributed by atoms with Crippen LogP contribution in [0.15, 0.2) is 36.5 Å².